The van der Waals surface area contributed by atoms with Gasteiger partial charge in [-0.1, -0.05) is 23.4 Å². The first-order valence-corrected chi connectivity index (χ1v) is 9.29. The monoisotopic (exact) mass is 368 g/mol. The van der Waals surface area contributed by atoms with Gasteiger partial charge in [0.1, 0.15) is 0 Å². The number of nitrogens with one attached hydrogen (secondary N) is 1. The van der Waals surface area contributed by atoms with Gasteiger partial charge in [0.25, 0.3) is 5.91 Å². The Labute approximate surface area is 158 Å². The van der Waals surface area contributed by atoms with Gasteiger partial charge in [0.15, 0.2) is 0 Å². The molecule has 1 aromatic carbocycles. The summed E-state index contributed by atoms with van der Waals surface area (Å²) in [4.78, 5) is 28.8. The van der Waals surface area contributed by atoms with Crippen LogP contribution in [0.5, 0.6) is 0 Å². The topological polar surface area (TPSA) is 78.7 Å². The molecule has 4 rings (SSSR count). The molecule has 0 spiro atoms. The van der Waals surface area contributed by atoms with Gasteiger partial charge in [-0.15, -0.1) is 0 Å². The van der Waals surface area contributed by atoms with E-state index in [1.807, 2.05) is 19.2 Å². The lowest BCUT2D eigenvalue weighted by atomic mass is 10.1. The number of carbonyl (C=O) groups excluding carboxylic acids is 2. The Morgan fingerprint density at radius 1 is 1.26 bits per heavy atom. The van der Waals surface area contributed by atoms with E-state index < -0.39 is 0 Å². The van der Waals surface area contributed by atoms with Gasteiger partial charge in [-0.25, -0.2) is 0 Å². The van der Waals surface area contributed by atoms with Crippen molar-refractivity contribution in [2.75, 3.05) is 20.1 Å². The number of rotatable bonds is 4. The first-order chi connectivity index (χ1) is 13.0. The van der Waals surface area contributed by atoms with Crippen molar-refractivity contribution in [3.05, 3.63) is 52.4 Å². The molecular formula is C20H24N4O3. The first kappa shape index (κ1) is 17.7. The van der Waals surface area contributed by atoms with Crippen LogP contribution in [0.3, 0.4) is 0 Å². The van der Waals surface area contributed by atoms with Gasteiger partial charge in [0, 0.05) is 32.2 Å². The number of benzene rings is 1. The molecule has 7 nitrogen and oxygen atoms in total. The molecule has 2 aliphatic heterocycles. The van der Waals surface area contributed by atoms with Crippen LogP contribution in [0.2, 0.25) is 0 Å². The van der Waals surface area contributed by atoms with Gasteiger partial charge < -0.3 is 19.6 Å². The second kappa shape index (κ2) is 7.15. The summed E-state index contributed by atoms with van der Waals surface area (Å²) in [5, 5.41) is 6.83. The van der Waals surface area contributed by atoms with Crippen LogP contribution in [0, 0.1) is 12.8 Å². The van der Waals surface area contributed by atoms with Crippen molar-refractivity contribution in [3.63, 3.8) is 0 Å². The minimum atomic E-state index is -0.146. The Hall–Kier alpha value is -2.67. The summed E-state index contributed by atoms with van der Waals surface area (Å²) in [5.41, 5.74) is 4.00. The normalized spacial score (nSPS) is 19.3. The molecule has 0 saturated carbocycles. The second-order valence-electron chi connectivity index (χ2n) is 7.56. The van der Waals surface area contributed by atoms with Crippen LogP contribution >= 0.6 is 0 Å². The van der Waals surface area contributed by atoms with Crippen molar-refractivity contribution in [2.24, 2.45) is 5.92 Å². The predicted octanol–water partition coefficient (Wildman–Crippen LogP) is 1.71. The lowest BCUT2D eigenvalue weighted by Crippen LogP contribution is -2.31. The van der Waals surface area contributed by atoms with Gasteiger partial charge in [0.2, 0.25) is 11.7 Å². The Morgan fingerprint density at radius 3 is 2.78 bits per heavy atom. The summed E-state index contributed by atoms with van der Waals surface area (Å²) >= 11 is 0. The zero-order valence-corrected chi connectivity index (χ0v) is 15.7. The average molecular weight is 368 g/mol. The van der Waals surface area contributed by atoms with E-state index in [4.69, 9.17) is 4.52 Å². The zero-order chi connectivity index (χ0) is 19.0. The van der Waals surface area contributed by atoms with Crippen molar-refractivity contribution in [2.45, 2.75) is 33.0 Å². The van der Waals surface area contributed by atoms with Crippen LogP contribution in [0.15, 0.2) is 28.8 Å². The molecule has 2 amide bonds. The van der Waals surface area contributed by atoms with Crippen LogP contribution < -0.4 is 5.32 Å². The number of likely N-dealkylation sites (tertiary alicyclic amines) is 1. The van der Waals surface area contributed by atoms with Gasteiger partial charge in [-0.2, -0.15) is 0 Å². The van der Waals surface area contributed by atoms with Crippen LogP contribution in [0.4, 0.5) is 0 Å². The lowest BCUT2D eigenvalue weighted by molar-refractivity contribution is -0.124. The fourth-order valence-electron chi connectivity index (χ4n) is 3.80. The van der Waals surface area contributed by atoms with E-state index in [1.54, 1.807) is 17.9 Å². The van der Waals surface area contributed by atoms with E-state index >= 15 is 0 Å². The van der Waals surface area contributed by atoms with Crippen molar-refractivity contribution in [3.8, 4) is 0 Å². The quantitative estimate of drug-likeness (QED) is 0.889. The van der Waals surface area contributed by atoms with Crippen LogP contribution in [0.1, 0.15) is 39.4 Å². The molecule has 27 heavy (non-hydrogen) atoms. The molecule has 1 fully saturated rings. The summed E-state index contributed by atoms with van der Waals surface area (Å²) in [7, 11) is 2.04. The molecule has 1 unspecified atom stereocenters. The van der Waals surface area contributed by atoms with Crippen LogP contribution in [0.25, 0.3) is 0 Å². The van der Waals surface area contributed by atoms with E-state index in [-0.39, 0.29) is 23.5 Å². The standard InChI is InChI=1S/C20H24N4O3/c1-13-7-18(27-22-13)20(26)24-11-15-4-3-14(8-17(15)12-24)9-21-19(25)16-5-6-23(2)10-16/h3-4,7-8,16H,5-6,9-12H2,1-2H3,(H,21,25). The van der Waals surface area contributed by atoms with E-state index in [0.29, 0.717) is 25.3 Å². The molecule has 1 aromatic heterocycles. The van der Waals surface area contributed by atoms with E-state index in [1.165, 1.54) is 0 Å². The minimum absolute atomic E-state index is 0.0860. The highest BCUT2D eigenvalue weighted by molar-refractivity contribution is 5.91. The van der Waals surface area contributed by atoms with Crippen LogP contribution in [-0.4, -0.2) is 46.9 Å². The molecule has 1 atom stereocenters. The molecule has 0 bridgehead atoms. The Morgan fingerprint density at radius 2 is 2.07 bits per heavy atom. The maximum atomic E-state index is 12.5. The molecule has 2 aromatic rings. The highest BCUT2D eigenvalue weighted by atomic mass is 16.5. The summed E-state index contributed by atoms with van der Waals surface area (Å²) in [6.07, 6.45) is 0.921. The van der Waals surface area contributed by atoms with Crippen molar-refractivity contribution >= 4 is 11.8 Å². The average Bonchev–Trinajstić information content (AvgIpc) is 3.38. The van der Waals surface area contributed by atoms with Gasteiger partial charge >= 0.3 is 0 Å². The maximum absolute atomic E-state index is 12.5. The highest BCUT2D eigenvalue weighted by Gasteiger charge is 2.28. The smallest absolute Gasteiger partial charge is 0.293 e. The van der Waals surface area contributed by atoms with Crippen molar-refractivity contribution < 1.29 is 14.1 Å². The van der Waals surface area contributed by atoms with E-state index in [2.05, 4.69) is 21.4 Å². The first-order valence-electron chi connectivity index (χ1n) is 9.29. The summed E-state index contributed by atoms with van der Waals surface area (Å²) in [6, 6.07) is 7.80. The van der Waals surface area contributed by atoms with Gasteiger partial charge in [-0.3, -0.25) is 9.59 Å². The van der Waals surface area contributed by atoms with Crippen molar-refractivity contribution in [1.82, 2.24) is 20.3 Å². The van der Waals surface area contributed by atoms with E-state index in [0.717, 1.165) is 36.2 Å². The number of carbonyl (C=O) groups is 2. The Kier molecular flexibility index (Phi) is 4.70. The third-order valence-corrected chi connectivity index (χ3v) is 5.35. The number of amides is 2. The van der Waals surface area contributed by atoms with Gasteiger partial charge in [-0.05, 0) is 43.6 Å². The van der Waals surface area contributed by atoms with Crippen LogP contribution in [-0.2, 0) is 24.4 Å². The predicted molar refractivity (Wildman–Crippen MR) is 98.7 cm³/mol. The lowest BCUT2D eigenvalue weighted by Gasteiger charge is -2.12. The molecule has 3 heterocycles. The summed E-state index contributed by atoms with van der Waals surface area (Å²) < 4.78 is 5.09. The molecule has 2 aliphatic rings. The molecule has 7 heteroatoms. The number of aromatic nitrogens is 1. The maximum Gasteiger partial charge on any atom is 0.293 e. The number of aryl methyl sites for hydroxylation is 1. The largest absolute Gasteiger partial charge is 0.352 e. The molecule has 0 radical (unpaired) electrons. The second-order valence-corrected chi connectivity index (χ2v) is 7.56. The molecule has 1 N–H and O–H groups in total. The molecule has 1 saturated heterocycles. The number of nitrogens with zero attached hydrogens (tertiary/aromatic N) is 3. The minimum Gasteiger partial charge on any atom is -0.352 e. The zero-order valence-electron chi connectivity index (χ0n) is 15.7. The number of hydrogen-bond donors (Lipinski definition) is 1. The summed E-state index contributed by atoms with van der Waals surface area (Å²) in [5.74, 6) is 0.335. The highest BCUT2D eigenvalue weighted by Crippen LogP contribution is 2.25. The fourth-order valence-corrected chi connectivity index (χ4v) is 3.80. The third kappa shape index (κ3) is 3.73. The SMILES string of the molecule is Cc1cc(C(=O)N2Cc3ccc(CNC(=O)C4CCN(C)C4)cc3C2)on1. The Bertz CT molecular complexity index is 876. The number of hydrogen-bond acceptors (Lipinski definition) is 5. The van der Waals surface area contributed by atoms with Gasteiger partial charge in [0.05, 0.1) is 11.6 Å². The Balaban J connectivity index is 1.36. The molecule has 142 valence electrons. The number of fused-ring (bicyclic) bond motifs is 1. The fraction of sp³-hybridized carbons (Fsp3) is 0.450. The van der Waals surface area contributed by atoms with E-state index in [9.17, 15) is 9.59 Å². The van der Waals surface area contributed by atoms with Crippen molar-refractivity contribution in [1.29, 1.82) is 0 Å². The third-order valence-electron chi connectivity index (χ3n) is 5.35. The molecule has 0 aliphatic carbocycles. The molecular weight excluding hydrogens is 344 g/mol. The summed E-state index contributed by atoms with van der Waals surface area (Å²) in [6.45, 7) is 5.22.